The summed E-state index contributed by atoms with van der Waals surface area (Å²) >= 11 is 0. The summed E-state index contributed by atoms with van der Waals surface area (Å²) in [7, 11) is 2.54. The van der Waals surface area contributed by atoms with Crippen molar-refractivity contribution in [1.29, 1.82) is 0 Å². The Morgan fingerprint density at radius 1 is 1.23 bits per heavy atom. The van der Waals surface area contributed by atoms with Crippen molar-refractivity contribution in [2.75, 3.05) is 14.2 Å². The van der Waals surface area contributed by atoms with Gasteiger partial charge in [-0.25, -0.2) is 9.59 Å². The third-order valence-corrected chi connectivity index (χ3v) is 1.46. The van der Waals surface area contributed by atoms with Crippen LogP contribution in [0.15, 0.2) is 11.6 Å². The maximum Gasteiger partial charge on any atom is 0.333 e. The van der Waals surface area contributed by atoms with E-state index in [-0.39, 0.29) is 0 Å². The molecule has 0 radical (unpaired) electrons. The lowest BCUT2D eigenvalue weighted by molar-refractivity contribution is -0.138. The molecule has 0 N–H and O–H groups in total. The first-order chi connectivity index (χ1) is 6.15. The van der Waals surface area contributed by atoms with E-state index in [1.165, 1.54) is 14.2 Å². The molecule has 0 aromatic heterocycles. The average molecular weight is 186 g/mol. The van der Waals surface area contributed by atoms with Crippen LogP contribution in [0.4, 0.5) is 0 Å². The van der Waals surface area contributed by atoms with Crippen LogP contribution in [0.2, 0.25) is 0 Å². The van der Waals surface area contributed by atoms with Crippen molar-refractivity contribution in [3.05, 3.63) is 11.6 Å². The van der Waals surface area contributed by atoms with Crippen LogP contribution in [-0.4, -0.2) is 26.2 Å². The Morgan fingerprint density at radius 2 is 1.85 bits per heavy atom. The summed E-state index contributed by atoms with van der Waals surface area (Å²) in [4.78, 5) is 21.9. The number of carbonyl (C=O) groups is 2. The summed E-state index contributed by atoms with van der Waals surface area (Å²) in [6.07, 6.45) is 2.45. The molecule has 0 bridgehead atoms. The number of carbonyl (C=O) groups excluding carboxylic acids is 2. The summed E-state index contributed by atoms with van der Waals surface area (Å²) in [5.41, 5.74) is 0.344. The number of methoxy groups -OCH3 is 2. The van der Waals surface area contributed by atoms with Crippen LogP contribution in [-0.2, 0) is 19.1 Å². The zero-order valence-corrected chi connectivity index (χ0v) is 8.12. The molecule has 0 rings (SSSR count). The third-order valence-electron chi connectivity index (χ3n) is 1.46. The van der Waals surface area contributed by atoms with E-state index in [1.54, 1.807) is 0 Å². The van der Waals surface area contributed by atoms with Gasteiger partial charge in [0.15, 0.2) is 0 Å². The highest BCUT2D eigenvalue weighted by Gasteiger charge is 2.10. The summed E-state index contributed by atoms with van der Waals surface area (Å²) in [6, 6.07) is 0. The molecule has 74 valence electrons. The SMILES string of the molecule is CCC/C(=C/C(=O)OC)C(=O)OC. The smallest absolute Gasteiger partial charge is 0.333 e. The first-order valence-corrected chi connectivity index (χ1v) is 4.02. The molecule has 0 aliphatic carbocycles. The molecule has 0 heterocycles. The Kier molecular flexibility index (Phi) is 5.59. The second-order valence-corrected chi connectivity index (χ2v) is 2.43. The molecule has 0 fully saturated rings. The molecular formula is C9H14O4. The second-order valence-electron chi connectivity index (χ2n) is 2.43. The number of esters is 2. The molecule has 0 saturated carbocycles. The minimum atomic E-state index is -0.533. The van der Waals surface area contributed by atoms with Gasteiger partial charge in [0.1, 0.15) is 0 Å². The lowest BCUT2D eigenvalue weighted by atomic mass is 10.1. The van der Waals surface area contributed by atoms with Crippen molar-refractivity contribution in [1.82, 2.24) is 0 Å². The molecule has 0 aromatic carbocycles. The lowest BCUT2D eigenvalue weighted by Crippen LogP contribution is -2.08. The van der Waals surface area contributed by atoms with Gasteiger partial charge in [-0.15, -0.1) is 0 Å². The van der Waals surface area contributed by atoms with E-state index in [9.17, 15) is 9.59 Å². The van der Waals surface area contributed by atoms with Crippen LogP contribution in [0.25, 0.3) is 0 Å². The molecule has 0 aromatic rings. The minimum Gasteiger partial charge on any atom is -0.466 e. The first-order valence-electron chi connectivity index (χ1n) is 4.02. The zero-order chi connectivity index (χ0) is 10.3. The quantitative estimate of drug-likeness (QED) is 0.486. The molecule has 0 aliphatic rings. The maximum atomic E-state index is 11.1. The predicted octanol–water partition coefficient (Wildman–Crippen LogP) is 1.06. The fourth-order valence-electron chi connectivity index (χ4n) is 0.835. The minimum absolute atomic E-state index is 0.344. The Labute approximate surface area is 77.5 Å². The molecule has 13 heavy (non-hydrogen) atoms. The van der Waals surface area contributed by atoms with Crippen LogP contribution in [0.3, 0.4) is 0 Å². The van der Waals surface area contributed by atoms with Crippen LogP contribution < -0.4 is 0 Å². The van der Waals surface area contributed by atoms with E-state index in [0.29, 0.717) is 12.0 Å². The van der Waals surface area contributed by atoms with E-state index in [4.69, 9.17) is 0 Å². The van der Waals surface area contributed by atoms with Gasteiger partial charge in [-0.05, 0) is 6.42 Å². The molecule has 0 aliphatic heterocycles. The number of hydrogen-bond acceptors (Lipinski definition) is 4. The Hall–Kier alpha value is -1.32. The number of ether oxygens (including phenoxy) is 2. The van der Waals surface area contributed by atoms with Crippen LogP contribution in [0.5, 0.6) is 0 Å². The van der Waals surface area contributed by atoms with Gasteiger partial charge in [-0.1, -0.05) is 13.3 Å². The zero-order valence-electron chi connectivity index (χ0n) is 8.12. The average Bonchev–Trinajstić information content (AvgIpc) is 2.15. The van der Waals surface area contributed by atoms with E-state index in [1.807, 2.05) is 6.92 Å². The Balaban J connectivity index is 4.48. The van der Waals surface area contributed by atoms with Crippen LogP contribution >= 0.6 is 0 Å². The molecule has 0 atom stereocenters. The fourth-order valence-corrected chi connectivity index (χ4v) is 0.835. The lowest BCUT2D eigenvalue weighted by Gasteiger charge is -2.02. The van der Waals surface area contributed by atoms with Crippen molar-refractivity contribution in [2.24, 2.45) is 0 Å². The standard InChI is InChI=1S/C9H14O4/c1-4-5-7(9(11)13-3)6-8(10)12-2/h6H,4-5H2,1-3H3/b7-6-. The van der Waals surface area contributed by atoms with Gasteiger partial charge in [0.05, 0.1) is 14.2 Å². The highest BCUT2D eigenvalue weighted by molar-refractivity contribution is 5.96. The Bertz CT molecular complexity index is 218. The molecule has 0 spiro atoms. The highest BCUT2D eigenvalue weighted by Crippen LogP contribution is 2.06. The van der Waals surface area contributed by atoms with Crippen molar-refractivity contribution in [3.63, 3.8) is 0 Å². The maximum absolute atomic E-state index is 11.1. The van der Waals surface area contributed by atoms with Gasteiger partial charge in [0, 0.05) is 11.6 Å². The normalized spacial score (nSPS) is 10.8. The van der Waals surface area contributed by atoms with E-state index >= 15 is 0 Å². The van der Waals surface area contributed by atoms with E-state index < -0.39 is 11.9 Å². The van der Waals surface area contributed by atoms with E-state index in [2.05, 4.69) is 9.47 Å². The highest BCUT2D eigenvalue weighted by atomic mass is 16.5. The van der Waals surface area contributed by atoms with Crippen molar-refractivity contribution < 1.29 is 19.1 Å². The Morgan fingerprint density at radius 3 is 2.23 bits per heavy atom. The van der Waals surface area contributed by atoms with Crippen molar-refractivity contribution >= 4 is 11.9 Å². The fraction of sp³-hybridized carbons (Fsp3) is 0.556. The number of hydrogen-bond donors (Lipinski definition) is 0. The summed E-state index contributed by atoms with van der Waals surface area (Å²) < 4.78 is 8.89. The van der Waals surface area contributed by atoms with Gasteiger partial charge in [0.2, 0.25) is 0 Å². The molecule has 4 heteroatoms. The molecular weight excluding hydrogens is 172 g/mol. The summed E-state index contributed by atoms with van der Waals surface area (Å²) in [6.45, 7) is 1.91. The van der Waals surface area contributed by atoms with Gasteiger partial charge in [-0.3, -0.25) is 0 Å². The first kappa shape index (κ1) is 11.7. The van der Waals surface area contributed by atoms with E-state index in [0.717, 1.165) is 12.5 Å². The summed E-state index contributed by atoms with van der Waals surface area (Å²) in [5.74, 6) is -1.01. The molecule has 4 nitrogen and oxygen atoms in total. The van der Waals surface area contributed by atoms with Gasteiger partial charge < -0.3 is 9.47 Å². The molecule has 0 saturated heterocycles. The monoisotopic (exact) mass is 186 g/mol. The predicted molar refractivity (Wildman–Crippen MR) is 47.0 cm³/mol. The number of rotatable bonds is 4. The topological polar surface area (TPSA) is 52.6 Å². The van der Waals surface area contributed by atoms with Gasteiger partial charge in [-0.2, -0.15) is 0 Å². The third kappa shape index (κ3) is 4.30. The van der Waals surface area contributed by atoms with Gasteiger partial charge in [0.25, 0.3) is 0 Å². The van der Waals surface area contributed by atoms with Crippen molar-refractivity contribution in [3.8, 4) is 0 Å². The van der Waals surface area contributed by atoms with Crippen LogP contribution in [0.1, 0.15) is 19.8 Å². The van der Waals surface area contributed by atoms with Crippen LogP contribution in [0, 0.1) is 0 Å². The van der Waals surface area contributed by atoms with Gasteiger partial charge >= 0.3 is 11.9 Å². The molecule has 0 amide bonds. The van der Waals surface area contributed by atoms with Crippen molar-refractivity contribution in [2.45, 2.75) is 19.8 Å². The largest absolute Gasteiger partial charge is 0.466 e. The second kappa shape index (κ2) is 6.22. The molecule has 0 unspecified atom stereocenters. The summed E-state index contributed by atoms with van der Waals surface area (Å²) in [5, 5.41) is 0.